The number of carbonyl (C=O) groups is 1. The van der Waals surface area contributed by atoms with Crippen LogP contribution in [-0.4, -0.2) is 27.0 Å². The average Bonchev–Trinajstić information content (AvgIpc) is 3.26. The quantitative estimate of drug-likeness (QED) is 0.408. The smallest absolute Gasteiger partial charge is 0.253 e. The number of hydrogen-bond acceptors (Lipinski definition) is 4. The van der Waals surface area contributed by atoms with Crippen molar-refractivity contribution in [2.45, 2.75) is 19.4 Å². The van der Waals surface area contributed by atoms with Crippen molar-refractivity contribution in [1.29, 1.82) is 5.26 Å². The summed E-state index contributed by atoms with van der Waals surface area (Å²) in [5.74, 6) is -0.258. The lowest BCUT2D eigenvalue weighted by molar-refractivity contribution is 0.0952. The summed E-state index contributed by atoms with van der Waals surface area (Å²) in [6.45, 7) is 1.03. The van der Waals surface area contributed by atoms with Crippen molar-refractivity contribution >= 4 is 17.5 Å². The second-order valence-electron chi connectivity index (χ2n) is 7.85. The summed E-state index contributed by atoms with van der Waals surface area (Å²) in [5.41, 5.74) is 4.25. The molecule has 0 aliphatic rings. The van der Waals surface area contributed by atoms with Gasteiger partial charge in [-0.3, -0.25) is 9.59 Å². The molecule has 170 valence electrons. The molecule has 1 amide bonds. The van der Waals surface area contributed by atoms with Crippen LogP contribution in [0.4, 0.5) is 0 Å². The minimum Gasteiger partial charge on any atom is -0.352 e. The summed E-state index contributed by atoms with van der Waals surface area (Å²) in [6.07, 6.45) is 4.51. The van der Waals surface area contributed by atoms with Gasteiger partial charge in [-0.05, 0) is 41.5 Å². The molecule has 0 aliphatic carbocycles. The van der Waals surface area contributed by atoms with Crippen molar-refractivity contribution in [3.8, 4) is 6.07 Å². The minimum absolute atomic E-state index is 0.258. The number of amides is 1. The van der Waals surface area contributed by atoms with E-state index in [1.807, 2.05) is 34.9 Å². The molecule has 2 aromatic carbocycles. The van der Waals surface area contributed by atoms with Crippen LogP contribution in [0.25, 0.3) is 0 Å². The van der Waals surface area contributed by atoms with Gasteiger partial charge in [0.2, 0.25) is 5.56 Å². The molecule has 2 N–H and O–H groups in total. The number of nitrogens with zero attached hydrogens (tertiary/aromatic N) is 3. The van der Waals surface area contributed by atoms with Crippen molar-refractivity contribution in [1.82, 2.24) is 19.9 Å². The van der Waals surface area contributed by atoms with Gasteiger partial charge in [0.05, 0.1) is 23.5 Å². The summed E-state index contributed by atoms with van der Waals surface area (Å²) < 4.78 is 2.01. The maximum Gasteiger partial charge on any atom is 0.253 e. The second-order valence-corrected chi connectivity index (χ2v) is 8.29. The molecule has 8 heteroatoms. The number of nitrogens with one attached hydrogen (secondary N) is 2. The fourth-order valence-corrected chi connectivity index (χ4v) is 3.91. The lowest BCUT2D eigenvalue weighted by atomic mass is 10.0. The van der Waals surface area contributed by atoms with Crippen LogP contribution in [0.1, 0.15) is 38.4 Å². The normalized spacial score (nSPS) is 10.6. The lowest BCUT2D eigenvalue weighted by Crippen LogP contribution is -2.28. The highest BCUT2D eigenvalue weighted by Gasteiger charge is 2.13. The second kappa shape index (κ2) is 10.6. The Balaban J connectivity index is 1.40. The van der Waals surface area contributed by atoms with Crippen LogP contribution in [0.3, 0.4) is 0 Å². The van der Waals surface area contributed by atoms with Gasteiger partial charge in [-0.25, -0.2) is 4.98 Å². The predicted octanol–water partition coefficient (Wildman–Crippen LogP) is 3.71. The van der Waals surface area contributed by atoms with E-state index in [0.29, 0.717) is 47.8 Å². The molecule has 0 saturated heterocycles. The first-order chi connectivity index (χ1) is 16.5. The summed E-state index contributed by atoms with van der Waals surface area (Å²) in [7, 11) is 0. The number of imidazole rings is 1. The Labute approximate surface area is 201 Å². The first-order valence-corrected chi connectivity index (χ1v) is 11.1. The van der Waals surface area contributed by atoms with E-state index >= 15 is 0 Å². The number of aromatic nitrogens is 3. The van der Waals surface area contributed by atoms with Crippen molar-refractivity contribution in [3.05, 3.63) is 122 Å². The molecule has 0 spiro atoms. The number of benzene rings is 2. The fraction of sp³-hybridized carbons (Fsp3) is 0.154. The highest BCUT2D eigenvalue weighted by Crippen LogP contribution is 2.16. The number of aromatic amines is 1. The summed E-state index contributed by atoms with van der Waals surface area (Å²) in [4.78, 5) is 31.8. The van der Waals surface area contributed by atoms with Crippen LogP contribution in [0, 0.1) is 11.3 Å². The maximum absolute atomic E-state index is 12.9. The summed E-state index contributed by atoms with van der Waals surface area (Å²) in [6, 6.07) is 19.7. The van der Waals surface area contributed by atoms with Gasteiger partial charge in [0.15, 0.2) is 0 Å². The third-order valence-corrected chi connectivity index (χ3v) is 5.65. The third kappa shape index (κ3) is 5.80. The topological polar surface area (TPSA) is 104 Å². The Bertz CT molecular complexity index is 1400. The molecule has 0 unspecified atom stereocenters. The van der Waals surface area contributed by atoms with Gasteiger partial charge in [0, 0.05) is 54.6 Å². The van der Waals surface area contributed by atoms with E-state index in [1.54, 1.807) is 36.8 Å². The average molecular weight is 472 g/mol. The SMILES string of the molecule is N#Cc1ccc(Cn2cncc2CCNC(=O)c2ccc(=O)[nH]c2Cc2cccc(Cl)c2)cc1. The zero-order valence-electron chi connectivity index (χ0n) is 18.3. The number of nitriles is 1. The van der Waals surface area contributed by atoms with Crippen LogP contribution in [-0.2, 0) is 19.4 Å². The Morgan fingerprint density at radius 3 is 2.71 bits per heavy atom. The molecule has 0 aliphatic heterocycles. The number of pyridine rings is 1. The van der Waals surface area contributed by atoms with E-state index in [4.69, 9.17) is 16.9 Å². The van der Waals surface area contributed by atoms with Gasteiger partial charge in [0.1, 0.15) is 0 Å². The Morgan fingerprint density at radius 2 is 1.94 bits per heavy atom. The predicted molar refractivity (Wildman–Crippen MR) is 130 cm³/mol. The molecule has 2 heterocycles. The van der Waals surface area contributed by atoms with Gasteiger partial charge in [-0.1, -0.05) is 35.9 Å². The highest BCUT2D eigenvalue weighted by atomic mass is 35.5. The monoisotopic (exact) mass is 471 g/mol. The van der Waals surface area contributed by atoms with Gasteiger partial charge < -0.3 is 14.9 Å². The Hall–Kier alpha value is -4.15. The Morgan fingerprint density at radius 1 is 1.12 bits per heavy atom. The zero-order valence-corrected chi connectivity index (χ0v) is 19.0. The molecule has 2 aromatic heterocycles. The lowest BCUT2D eigenvalue weighted by Gasteiger charge is -2.12. The van der Waals surface area contributed by atoms with Crippen molar-refractivity contribution in [3.63, 3.8) is 0 Å². The molecular weight excluding hydrogens is 450 g/mol. The van der Waals surface area contributed by atoms with Crippen LogP contribution < -0.4 is 10.9 Å². The largest absolute Gasteiger partial charge is 0.352 e. The minimum atomic E-state index is -0.264. The fourth-order valence-electron chi connectivity index (χ4n) is 3.70. The molecule has 0 bridgehead atoms. The number of hydrogen-bond donors (Lipinski definition) is 2. The van der Waals surface area contributed by atoms with Crippen molar-refractivity contribution in [2.24, 2.45) is 0 Å². The van der Waals surface area contributed by atoms with Gasteiger partial charge in [-0.15, -0.1) is 0 Å². The first kappa shape index (κ1) is 23.0. The molecule has 34 heavy (non-hydrogen) atoms. The third-order valence-electron chi connectivity index (χ3n) is 5.42. The summed E-state index contributed by atoms with van der Waals surface area (Å²) in [5, 5.41) is 12.5. The van der Waals surface area contributed by atoms with E-state index in [-0.39, 0.29) is 11.5 Å². The van der Waals surface area contributed by atoms with Crippen molar-refractivity contribution < 1.29 is 4.79 Å². The van der Waals surface area contributed by atoms with Crippen LogP contribution in [0.5, 0.6) is 0 Å². The van der Waals surface area contributed by atoms with E-state index in [2.05, 4.69) is 21.4 Å². The molecule has 0 atom stereocenters. The molecular formula is C26H22ClN5O2. The number of rotatable bonds is 8. The van der Waals surface area contributed by atoms with Crippen LogP contribution >= 0.6 is 11.6 Å². The first-order valence-electron chi connectivity index (χ1n) is 10.7. The van der Waals surface area contributed by atoms with Crippen LogP contribution in [0.15, 0.2) is 78.0 Å². The van der Waals surface area contributed by atoms with Crippen LogP contribution in [0.2, 0.25) is 5.02 Å². The molecule has 0 fully saturated rings. The maximum atomic E-state index is 12.9. The van der Waals surface area contributed by atoms with Crippen molar-refractivity contribution in [2.75, 3.05) is 6.54 Å². The standard InChI is InChI=1S/C26H22ClN5O2/c27-21-3-1-2-20(12-21)13-24-23(8-9-25(33)31-24)26(34)30-11-10-22-15-29-17-32(22)16-19-6-4-18(14-28)5-7-19/h1-9,12,15,17H,10-11,13,16H2,(H,30,34)(H,31,33). The van der Waals surface area contributed by atoms with E-state index < -0.39 is 0 Å². The van der Waals surface area contributed by atoms with E-state index in [0.717, 1.165) is 16.8 Å². The highest BCUT2D eigenvalue weighted by molar-refractivity contribution is 6.30. The van der Waals surface area contributed by atoms with E-state index in [9.17, 15) is 9.59 Å². The molecule has 7 nitrogen and oxygen atoms in total. The van der Waals surface area contributed by atoms with Gasteiger partial charge in [0.25, 0.3) is 5.91 Å². The number of halogens is 1. The van der Waals surface area contributed by atoms with Gasteiger partial charge in [-0.2, -0.15) is 5.26 Å². The molecule has 0 saturated carbocycles. The number of carbonyl (C=O) groups excluding carboxylic acids is 1. The molecule has 4 rings (SSSR count). The molecule has 0 radical (unpaired) electrons. The van der Waals surface area contributed by atoms with Gasteiger partial charge >= 0.3 is 0 Å². The Kier molecular flexibility index (Phi) is 7.21. The molecule has 4 aromatic rings. The number of H-pyrrole nitrogens is 1. The summed E-state index contributed by atoms with van der Waals surface area (Å²) >= 11 is 6.07. The van der Waals surface area contributed by atoms with E-state index in [1.165, 1.54) is 6.07 Å². The zero-order chi connectivity index (χ0) is 23.9.